The molecule has 0 saturated heterocycles. The van der Waals surface area contributed by atoms with Crippen LogP contribution in [0.3, 0.4) is 0 Å². The van der Waals surface area contributed by atoms with Gasteiger partial charge < -0.3 is 4.98 Å². The fraction of sp³-hybridized carbons (Fsp3) is 0.0833. The molecule has 0 unspecified atom stereocenters. The Hall–Kier alpha value is -2.64. The quantitative estimate of drug-likeness (QED) is 0.742. The molecule has 0 aliphatic carbocycles. The van der Waals surface area contributed by atoms with Crippen LogP contribution in [0.25, 0.3) is 16.9 Å². The first-order chi connectivity index (χ1) is 9.47. The second kappa shape index (κ2) is 4.19. The summed E-state index contributed by atoms with van der Waals surface area (Å²) in [6, 6.07) is 4.65. The highest BCUT2D eigenvalue weighted by Crippen LogP contribution is 2.30. The lowest BCUT2D eigenvalue weighted by Crippen LogP contribution is -2.11. The number of benzene rings is 1. The second-order valence-corrected chi connectivity index (χ2v) is 4.07. The van der Waals surface area contributed by atoms with Crippen molar-refractivity contribution in [3.05, 3.63) is 52.8 Å². The number of H-pyrrole nitrogens is 1. The molecule has 3 aromatic rings. The lowest BCUT2D eigenvalue weighted by Gasteiger charge is -2.09. The van der Waals surface area contributed by atoms with Gasteiger partial charge in [0.1, 0.15) is 6.33 Å². The minimum atomic E-state index is -4.45. The Labute approximate surface area is 109 Å². The number of rotatable bonds is 1. The maximum Gasteiger partial charge on any atom is 0.416 e. The minimum absolute atomic E-state index is 0.104. The Bertz CT molecular complexity index is 834. The molecule has 0 spiro atoms. The van der Waals surface area contributed by atoms with E-state index >= 15 is 0 Å². The molecule has 5 nitrogen and oxygen atoms in total. The van der Waals surface area contributed by atoms with Gasteiger partial charge in [0.2, 0.25) is 0 Å². The van der Waals surface area contributed by atoms with Gasteiger partial charge in [-0.15, -0.1) is 0 Å². The van der Waals surface area contributed by atoms with Crippen LogP contribution in [0.15, 0.2) is 41.7 Å². The summed E-state index contributed by atoms with van der Waals surface area (Å²) in [6.07, 6.45) is -1.99. The van der Waals surface area contributed by atoms with Gasteiger partial charge in [0.25, 0.3) is 5.56 Å². The van der Waals surface area contributed by atoms with Gasteiger partial charge in [0.15, 0.2) is 11.2 Å². The largest absolute Gasteiger partial charge is 0.416 e. The van der Waals surface area contributed by atoms with Crippen LogP contribution in [0, 0.1) is 0 Å². The Balaban J connectivity index is 2.24. The molecule has 0 aliphatic rings. The van der Waals surface area contributed by atoms with Crippen molar-refractivity contribution in [1.82, 2.24) is 19.5 Å². The molecule has 2 heterocycles. The first kappa shape index (κ1) is 12.4. The Kier molecular flexibility index (Phi) is 2.60. The van der Waals surface area contributed by atoms with E-state index < -0.39 is 17.3 Å². The fourth-order valence-corrected chi connectivity index (χ4v) is 1.89. The van der Waals surface area contributed by atoms with Crippen LogP contribution >= 0.6 is 0 Å². The average Bonchev–Trinajstić information content (AvgIpc) is 2.83. The van der Waals surface area contributed by atoms with Gasteiger partial charge in [-0.2, -0.15) is 13.2 Å². The summed E-state index contributed by atoms with van der Waals surface area (Å²) in [5, 5.41) is 0. The third-order valence-electron chi connectivity index (χ3n) is 2.80. The molecule has 2 aromatic heterocycles. The number of hydrogen-bond acceptors (Lipinski definition) is 3. The maximum absolute atomic E-state index is 12.7. The zero-order valence-corrected chi connectivity index (χ0v) is 9.85. The van der Waals surface area contributed by atoms with Gasteiger partial charge in [0.05, 0.1) is 11.9 Å². The lowest BCUT2D eigenvalue weighted by atomic mass is 10.2. The van der Waals surface area contributed by atoms with Gasteiger partial charge in [-0.25, -0.2) is 9.97 Å². The highest BCUT2D eigenvalue weighted by molar-refractivity contribution is 5.71. The molecule has 0 amide bonds. The molecule has 0 fully saturated rings. The molecule has 0 aliphatic heterocycles. The van der Waals surface area contributed by atoms with Crippen LogP contribution in [0.4, 0.5) is 13.2 Å². The summed E-state index contributed by atoms with van der Waals surface area (Å²) in [5.41, 5.74) is -0.791. The first-order valence-corrected chi connectivity index (χ1v) is 5.55. The Morgan fingerprint density at radius 3 is 2.75 bits per heavy atom. The van der Waals surface area contributed by atoms with Crippen LogP contribution in [0.1, 0.15) is 5.56 Å². The Morgan fingerprint density at radius 1 is 1.20 bits per heavy atom. The van der Waals surface area contributed by atoms with Crippen LogP contribution in [0.2, 0.25) is 0 Å². The van der Waals surface area contributed by atoms with E-state index in [1.807, 2.05) is 0 Å². The van der Waals surface area contributed by atoms with Gasteiger partial charge in [-0.05, 0) is 18.2 Å². The average molecular weight is 280 g/mol. The molecule has 1 N–H and O–H groups in total. The van der Waals surface area contributed by atoms with Crippen molar-refractivity contribution in [1.29, 1.82) is 0 Å². The number of halogens is 3. The van der Waals surface area contributed by atoms with Gasteiger partial charge in [-0.3, -0.25) is 9.36 Å². The predicted molar refractivity (Wildman–Crippen MR) is 64.5 cm³/mol. The van der Waals surface area contributed by atoms with E-state index in [1.165, 1.54) is 29.4 Å². The Morgan fingerprint density at radius 2 is 2.00 bits per heavy atom. The molecule has 0 radical (unpaired) electrons. The van der Waals surface area contributed by atoms with Crippen LogP contribution in [-0.2, 0) is 6.18 Å². The van der Waals surface area contributed by atoms with E-state index in [0.717, 1.165) is 12.1 Å². The van der Waals surface area contributed by atoms with E-state index in [1.54, 1.807) is 0 Å². The highest BCUT2D eigenvalue weighted by Gasteiger charge is 2.30. The third-order valence-corrected chi connectivity index (χ3v) is 2.80. The number of nitrogens with one attached hydrogen (secondary N) is 1. The van der Waals surface area contributed by atoms with Crippen molar-refractivity contribution in [3.8, 4) is 5.69 Å². The minimum Gasteiger partial charge on any atom is -0.311 e. The number of imidazole rings is 1. The molecule has 0 atom stereocenters. The number of aromatic nitrogens is 4. The summed E-state index contributed by atoms with van der Waals surface area (Å²) in [6.45, 7) is 0. The van der Waals surface area contributed by atoms with Crippen LogP contribution in [-0.4, -0.2) is 19.5 Å². The standard InChI is InChI=1S/C12H7F3N4O/c13-12(14,15)7-2-1-3-8(4-7)19-6-18-10-9(19)11(20)17-5-16-10/h1-6H,(H,16,17,20). The molecule has 1 aromatic carbocycles. The SMILES string of the molecule is O=c1[nH]cnc2ncn(-c3cccc(C(F)(F)F)c3)c12. The zero-order valence-electron chi connectivity index (χ0n) is 9.85. The number of aromatic amines is 1. The van der Waals surface area contributed by atoms with Crippen molar-refractivity contribution >= 4 is 11.2 Å². The number of nitrogens with zero attached hydrogens (tertiary/aromatic N) is 3. The molecule has 102 valence electrons. The third kappa shape index (κ3) is 1.94. The van der Waals surface area contributed by atoms with E-state index in [-0.39, 0.29) is 16.9 Å². The van der Waals surface area contributed by atoms with Crippen molar-refractivity contribution in [3.63, 3.8) is 0 Å². The summed E-state index contributed by atoms with van der Waals surface area (Å²) in [5.74, 6) is 0. The van der Waals surface area contributed by atoms with E-state index in [4.69, 9.17) is 0 Å². The highest BCUT2D eigenvalue weighted by atomic mass is 19.4. The van der Waals surface area contributed by atoms with Gasteiger partial charge in [-0.1, -0.05) is 6.07 Å². The van der Waals surface area contributed by atoms with Crippen molar-refractivity contribution < 1.29 is 13.2 Å². The molecular weight excluding hydrogens is 273 g/mol. The molecular formula is C12H7F3N4O. The van der Waals surface area contributed by atoms with E-state index in [2.05, 4.69) is 15.0 Å². The number of hydrogen-bond donors (Lipinski definition) is 1. The van der Waals surface area contributed by atoms with Crippen molar-refractivity contribution in [2.45, 2.75) is 6.18 Å². The monoisotopic (exact) mass is 280 g/mol. The molecule has 3 rings (SSSR count). The van der Waals surface area contributed by atoms with Gasteiger partial charge in [0, 0.05) is 5.69 Å². The molecule has 0 saturated carbocycles. The molecule has 0 bridgehead atoms. The van der Waals surface area contributed by atoms with Crippen LogP contribution < -0.4 is 5.56 Å². The normalized spacial score (nSPS) is 11.9. The smallest absolute Gasteiger partial charge is 0.311 e. The second-order valence-electron chi connectivity index (χ2n) is 4.07. The first-order valence-electron chi connectivity index (χ1n) is 5.55. The van der Waals surface area contributed by atoms with E-state index in [9.17, 15) is 18.0 Å². The van der Waals surface area contributed by atoms with Crippen molar-refractivity contribution in [2.24, 2.45) is 0 Å². The van der Waals surface area contributed by atoms with Gasteiger partial charge >= 0.3 is 6.18 Å². The number of fused-ring (bicyclic) bond motifs is 1. The summed E-state index contributed by atoms with van der Waals surface area (Å²) >= 11 is 0. The van der Waals surface area contributed by atoms with Crippen molar-refractivity contribution in [2.75, 3.05) is 0 Å². The summed E-state index contributed by atoms with van der Waals surface area (Å²) < 4.78 is 39.4. The fourth-order valence-electron chi connectivity index (χ4n) is 1.89. The van der Waals surface area contributed by atoms with Crippen LogP contribution in [0.5, 0.6) is 0 Å². The maximum atomic E-state index is 12.7. The predicted octanol–water partition coefficient (Wildman–Crippen LogP) is 2.13. The topological polar surface area (TPSA) is 63.6 Å². The molecule has 20 heavy (non-hydrogen) atoms. The summed E-state index contributed by atoms with van der Waals surface area (Å²) in [4.78, 5) is 21.9. The summed E-state index contributed by atoms with van der Waals surface area (Å²) in [7, 11) is 0. The molecule has 8 heteroatoms. The van der Waals surface area contributed by atoms with E-state index in [0.29, 0.717) is 0 Å². The lowest BCUT2D eigenvalue weighted by molar-refractivity contribution is -0.137. The number of alkyl halides is 3. The zero-order chi connectivity index (χ0) is 14.3.